The van der Waals surface area contributed by atoms with Gasteiger partial charge in [0, 0.05) is 13.5 Å². The van der Waals surface area contributed by atoms with Crippen LogP contribution < -0.4 is 0 Å². The molecule has 1 aromatic carbocycles. The maximum Gasteiger partial charge on any atom is 0.168 e. The van der Waals surface area contributed by atoms with Gasteiger partial charge in [0.05, 0.1) is 0 Å². The number of Topliss-reactive ketones (excluding diaryl/α,β-unsaturated/α-hetero) is 1. The minimum atomic E-state index is -0.565. The fraction of sp³-hybridized carbons (Fsp3) is 0.632. The Morgan fingerprint density at radius 1 is 1.10 bits per heavy atom. The molecule has 21 heavy (non-hydrogen) atoms. The number of rotatable bonds is 4. The molecule has 2 heteroatoms. The van der Waals surface area contributed by atoms with Crippen molar-refractivity contribution in [3.63, 3.8) is 0 Å². The van der Waals surface area contributed by atoms with E-state index in [4.69, 9.17) is 4.74 Å². The molecule has 0 radical (unpaired) electrons. The van der Waals surface area contributed by atoms with E-state index in [1.54, 1.807) is 7.11 Å². The van der Waals surface area contributed by atoms with Gasteiger partial charge in [0.1, 0.15) is 5.60 Å². The van der Waals surface area contributed by atoms with E-state index in [2.05, 4.69) is 39.8 Å². The van der Waals surface area contributed by atoms with Gasteiger partial charge in [-0.25, -0.2) is 0 Å². The summed E-state index contributed by atoms with van der Waals surface area (Å²) in [5.41, 5.74) is 3.34. The molecule has 0 unspecified atom stereocenters. The molecule has 0 spiro atoms. The predicted molar refractivity (Wildman–Crippen MR) is 86.6 cm³/mol. The first kappa shape index (κ1) is 16.2. The molecule has 1 saturated carbocycles. The first-order chi connectivity index (χ1) is 9.80. The second kappa shape index (κ2) is 5.92. The summed E-state index contributed by atoms with van der Waals surface area (Å²) in [5, 5.41) is 0. The van der Waals surface area contributed by atoms with Crippen molar-refractivity contribution in [2.45, 2.75) is 65.4 Å². The van der Waals surface area contributed by atoms with Crippen LogP contribution in [0, 0.1) is 19.3 Å². The van der Waals surface area contributed by atoms with Gasteiger partial charge in [-0.05, 0) is 61.6 Å². The first-order valence-electron chi connectivity index (χ1n) is 7.93. The number of carbonyl (C=O) groups is 1. The summed E-state index contributed by atoms with van der Waals surface area (Å²) in [6.45, 7) is 8.73. The van der Waals surface area contributed by atoms with Gasteiger partial charge in [-0.15, -0.1) is 0 Å². The lowest BCUT2D eigenvalue weighted by Crippen LogP contribution is -2.46. The highest BCUT2D eigenvalue weighted by Crippen LogP contribution is 2.42. The molecule has 0 aliphatic heterocycles. The van der Waals surface area contributed by atoms with Crippen LogP contribution in [0.2, 0.25) is 0 Å². The zero-order valence-corrected chi connectivity index (χ0v) is 14.1. The van der Waals surface area contributed by atoms with E-state index >= 15 is 0 Å². The van der Waals surface area contributed by atoms with E-state index in [0.717, 1.165) is 25.7 Å². The molecule has 0 N–H and O–H groups in total. The molecule has 0 heterocycles. The van der Waals surface area contributed by atoms with Crippen molar-refractivity contribution in [1.29, 1.82) is 0 Å². The molecule has 0 aromatic heterocycles. The number of ether oxygens (including phenoxy) is 1. The van der Waals surface area contributed by atoms with Crippen molar-refractivity contribution >= 4 is 5.78 Å². The fourth-order valence-corrected chi connectivity index (χ4v) is 3.38. The Morgan fingerprint density at radius 2 is 1.62 bits per heavy atom. The first-order valence-corrected chi connectivity index (χ1v) is 7.93. The smallest absolute Gasteiger partial charge is 0.168 e. The summed E-state index contributed by atoms with van der Waals surface area (Å²) in [6.07, 6.45) is 4.30. The Kier molecular flexibility index (Phi) is 4.57. The maximum absolute atomic E-state index is 12.9. The van der Waals surface area contributed by atoms with Gasteiger partial charge in [0.2, 0.25) is 0 Å². The fourth-order valence-electron chi connectivity index (χ4n) is 3.38. The van der Waals surface area contributed by atoms with E-state index in [9.17, 15) is 4.79 Å². The van der Waals surface area contributed by atoms with E-state index in [1.807, 2.05) is 6.07 Å². The van der Waals surface area contributed by atoms with Crippen LogP contribution in [0.4, 0.5) is 0 Å². The number of ketones is 1. The third kappa shape index (κ3) is 3.37. The van der Waals surface area contributed by atoms with E-state index in [0.29, 0.717) is 11.8 Å². The molecule has 1 fully saturated rings. The summed E-state index contributed by atoms with van der Waals surface area (Å²) < 4.78 is 5.74. The van der Waals surface area contributed by atoms with Crippen molar-refractivity contribution in [2.75, 3.05) is 7.11 Å². The summed E-state index contributed by atoms with van der Waals surface area (Å²) in [4.78, 5) is 12.9. The predicted octanol–water partition coefficient (Wildman–Crippen LogP) is 4.40. The van der Waals surface area contributed by atoms with Crippen molar-refractivity contribution in [3.8, 4) is 0 Å². The topological polar surface area (TPSA) is 26.3 Å². The number of hydrogen-bond donors (Lipinski definition) is 0. The Bertz CT molecular complexity index is 498. The van der Waals surface area contributed by atoms with Crippen LogP contribution in [0.15, 0.2) is 18.2 Å². The lowest BCUT2D eigenvalue weighted by molar-refractivity contribution is -0.147. The van der Waals surface area contributed by atoms with Crippen LogP contribution in [0.25, 0.3) is 0 Å². The molecule has 116 valence electrons. The Balaban J connectivity index is 2.18. The second-order valence-corrected chi connectivity index (χ2v) is 7.33. The van der Waals surface area contributed by atoms with Crippen LogP contribution in [0.3, 0.4) is 0 Å². The highest BCUT2D eigenvalue weighted by Gasteiger charge is 2.43. The van der Waals surface area contributed by atoms with Crippen molar-refractivity contribution in [2.24, 2.45) is 5.41 Å². The van der Waals surface area contributed by atoms with E-state index in [-0.39, 0.29) is 5.78 Å². The zero-order valence-electron chi connectivity index (χ0n) is 14.1. The van der Waals surface area contributed by atoms with E-state index in [1.165, 1.54) is 16.7 Å². The second-order valence-electron chi connectivity index (χ2n) is 7.33. The molecular formula is C19H28O2. The third-order valence-corrected chi connectivity index (χ3v) is 5.29. The number of benzene rings is 1. The molecular weight excluding hydrogens is 260 g/mol. The van der Waals surface area contributed by atoms with Crippen LogP contribution in [-0.2, 0) is 16.0 Å². The lowest BCUT2D eigenvalue weighted by atomic mass is 9.68. The van der Waals surface area contributed by atoms with Crippen molar-refractivity contribution < 1.29 is 9.53 Å². The average molecular weight is 288 g/mol. The van der Waals surface area contributed by atoms with Crippen molar-refractivity contribution in [3.05, 3.63) is 34.9 Å². The summed E-state index contributed by atoms with van der Waals surface area (Å²) in [5.74, 6) is 0.248. The van der Waals surface area contributed by atoms with Crippen molar-refractivity contribution in [1.82, 2.24) is 0 Å². The molecule has 1 aliphatic rings. The molecule has 0 atom stereocenters. The Hall–Kier alpha value is -1.15. The van der Waals surface area contributed by atoms with Gasteiger partial charge in [-0.1, -0.05) is 32.0 Å². The standard InChI is InChI=1S/C19H28O2/c1-14-7-6-8-15(2)16(14)13-17(20)19(21-5)11-9-18(3,4)10-12-19/h6-8H,9-13H2,1-5H3. The van der Waals surface area contributed by atoms with Crippen LogP contribution >= 0.6 is 0 Å². The largest absolute Gasteiger partial charge is 0.370 e. The highest BCUT2D eigenvalue weighted by molar-refractivity contribution is 5.89. The van der Waals surface area contributed by atoms with Gasteiger partial charge in [-0.2, -0.15) is 0 Å². The minimum Gasteiger partial charge on any atom is -0.370 e. The molecule has 0 saturated heterocycles. The number of methoxy groups -OCH3 is 1. The molecule has 2 nitrogen and oxygen atoms in total. The third-order valence-electron chi connectivity index (χ3n) is 5.29. The molecule has 1 aromatic rings. The molecule has 2 rings (SSSR count). The number of hydrogen-bond acceptors (Lipinski definition) is 2. The summed E-state index contributed by atoms with van der Waals surface area (Å²) in [7, 11) is 1.70. The van der Waals surface area contributed by atoms with Gasteiger partial charge in [-0.3, -0.25) is 4.79 Å². The van der Waals surface area contributed by atoms with Gasteiger partial charge >= 0.3 is 0 Å². The quantitative estimate of drug-likeness (QED) is 0.821. The Morgan fingerprint density at radius 3 is 2.10 bits per heavy atom. The maximum atomic E-state index is 12.9. The average Bonchev–Trinajstić information content (AvgIpc) is 2.43. The Labute approximate surface area is 128 Å². The zero-order chi connectivity index (χ0) is 15.7. The van der Waals surface area contributed by atoms with Crippen LogP contribution in [0.5, 0.6) is 0 Å². The SMILES string of the molecule is COC1(C(=O)Cc2c(C)cccc2C)CCC(C)(C)CC1. The molecule has 0 bridgehead atoms. The van der Waals surface area contributed by atoms with Crippen LogP contribution in [-0.4, -0.2) is 18.5 Å². The molecule has 0 amide bonds. The van der Waals surface area contributed by atoms with Gasteiger partial charge in [0.25, 0.3) is 0 Å². The van der Waals surface area contributed by atoms with Gasteiger partial charge < -0.3 is 4.74 Å². The van der Waals surface area contributed by atoms with Crippen LogP contribution in [0.1, 0.15) is 56.2 Å². The van der Waals surface area contributed by atoms with E-state index < -0.39 is 5.60 Å². The molecule has 1 aliphatic carbocycles. The minimum absolute atomic E-state index is 0.248. The number of aryl methyl sites for hydroxylation is 2. The normalized spacial score (nSPS) is 20.2. The summed E-state index contributed by atoms with van der Waals surface area (Å²) in [6, 6.07) is 6.21. The highest BCUT2D eigenvalue weighted by atomic mass is 16.5. The monoisotopic (exact) mass is 288 g/mol. The lowest BCUT2D eigenvalue weighted by Gasteiger charge is -2.41. The number of carbonyl (C=O) groups excluding carboxylic acids is 1. The van der Waals surface area contributed by atoms with Gasteiger partial charge in [0.15, 0.2) is 5.78 Å². The summed E-state index contributed by atoms with van der Waals surface area (Å²) >= 11 is 0.